The van der Waals surface area contributed by atoms with Gasteiger partial charge in [0.15, 0.2) is 5.03 Å². The topological polar surface area (TPSA) is 134 Å². The van der Waals surface area contributed by atoms with Crippen LogP contribution in [0.25, 0.3) is 5.69 Å². The minimum atomic E-state index is -3.92. The number of aromatic nitrogens is 3. The van der Waals surface area contributed by atoms with Crippen molar-refractivity contribution in [2.24, 2.45) is 10.9 Å². The lowest BCUT2D eigenvalue weighted by molar-refractivity contribution is 0.0993. The van der Waals surface area contributed by atoms with Crippen molar-refractivity contribution in [3.63, 3.8) is 0 Å². The van der Waals surface area contributed by atoms with Gasteiger partial charge in [0.25, 0.3) is 15.9 Å². The molecule has 2 aromatic heterocycles. The molecule has 0 aliphatic rings. The molecule has 1 amide bonds. The monoisotopic (exact) mass is 267 g/mol. The summed E-state index contributed by atoms with van der Waals surface area (Å²) in [7, 11) is -3.92. The fraction of sp³-hybridized carbons (Fsp3) is 0. The number of rotatable bonds is 3. The van der Waals surface area contributed by atoms with Gasteiger partial charge in [0.05, 0.1) is 11.9 Å². The Bertz CT molecular complexity index is 706. The first-order valence-electron chi connectivity index (χ1n) is 4.72. The Balaban J connectivity index is 2.59. The van der Waals surface area contributed by atoms with Gasteiger partial charge >= 0.3 is 0 Å². The molecule has 0 bridgehead atoms. The first-order valence-corrected chi connectivity index (χ1v) is 6.27. The van der Waals surface area contributed by atoms with Crippen LogP contribution in [-0.4, -0.2) is 29.1 Å². The van der Waals surface area contributed by atoms with Crippen molar-refractivity contribution in [2.75, 3.05) is 0 Å². The number of hydrogen-bond acceptors (Lipinski definition) is 5. The van der Waals surface area contributed by atoms with Crippen molar-refractivity contribution >= 4 is 15.9 Å². The minimum Gasteiger partial charge on any atom is -0.364 e. The van der Waals surface area contributed by atoms with Crippen LogP contribution in [0.2, 0.25) is 0 Å². The molecule has 0 saturated carbocycles. The molecule has 0 unspecified atom stereocenters. The van der Waals surface area contributed by atoms with Crippen molar-refractivity contribution in [3.8, 4) is 5.69 Å². The number of pyridine rings is 1. The normalized spacial score (nSPS) is 11.4. The number of carbonyl (C=O) groups excluding carboxylic acids is 1. The molecule has 8 nitrogen and oxygen atoms in total. The number of primary amides is 1. The van der Waals surface area contributed by atoms with E-state index in [9.17, 15) is 13.2 Å². The van der Waals surface area contributed by atoms with Crippen LogP contribution in [0.15, 0.2) is 35.6 Å². The van der Waals surface area contributed by atoms with Gasteiger partial charge < -0.3 is 5.73 Å². The van der Waals surface area contributed by atoms with Gasteiger partial charge in [-0.2, -0.15) is 5.10 Å². The first-order chi connectivity index (χ1) is 8.39. The van der Waals surface area contributed by atoms with Crippen LogP contribution in [0.5, 0.6) is 0 Å². The third kappa shape index (κ3) is 2.21. The number of nitrogens with zero attached hydrogens (tertiary/aromatic N) is 3. The van der Waals surface area contributed by atoms with E-state index >= 15 is 0 Å². The van der Waals surface area contributed by atoms with Crippen LogP contribution < -0.4 is 10.9 Å². The number of carbonyl (C=O) groups is 1. The second kappa shape index (κ2) is 4.20. The molecular formula is C9H9N5O3S. The Labute approximate surface area is 102 Å². The molecule has 0 radical (unpaired) electrons. The lowest BCUT2D eigenvalue weighted by atomic mass is 10.3. The van der Waals surface area contributed by atoms with Gasteiger partial charge in [-0.1, -0.05) is 0 Å². The second-order valence-corrected chi connectivity index (χ2v) is 4.90. The van der Waals surface area contributed by atoms with Gasteiger partial charge in [0.2, 0.25) is 0 Å². The van der Waals surface area contributed by atoms with E-state index in [0.29, 0.717) is 5.69 Å². The first kappa shape index (κ1) is 12.2. The average Bonchev–Trinajstić information content (AvgIpc) is 2.77. The molecule has 2 rings (SSSR count). The molecule has 18 heavy (non-hydrogen) atoms. The number of primary sulfonamides is 1. The van der Waals surface area contributed by atoms with Crippen LogP contribution in [0.4, 0.5) is 0 Å². The second-order valence-electron chi connectivity index (χ2n) is 3.39. The van der Waals surface area contributed by atoms with E-state index in [1.165, 1.54) is 35.3 Å². The fourth-order valence-corrected chi connectivity index (χ4v) is 1.87. The van der Waals surface area contributed by atoms with Crippen molar-refractivity contribution in [2.45, 2.75) is 5.03 Å². The zero-order valence-corrected chi connectivity index (χ0v) is 9.83. The maximum Gasteiger partial charge on any atom is 0.267 e. The summed E-state index contributed by atoms with van der Waals surface area (Å²) in [6.07, 6.45) is 2.62. The highest BCUT2D eigenvalue weighted by Gasteiger charge is 2.14. The maximum atomic E-state index is 11.2. The third-order valence-corrected chi connectivity index (χ3v) is 2.96. The molecular weight excluding hydrogens is 258 g/mol. The van der Waals surface area contributed by atoms with Gasteiger partial charge in [0.1, 0.15) is 5.69 Å². The van der Waals surface area contributed by atoms with Crippen molar-refractivity contribution in [1.29, 1.82) is 0 Å². The van der Waals surface area contributed by atoms with E-state index in [2.05, 4.69) is 10.1 Å². The molecule has 2 heterocycles. The summed E-state index contributed by atoms with van der Waals surface area (Å²) in [5.74, 6) is -0.679. The Kier molecular flexibility index (Phi) is 2.85. The van der Waals surface area contributed by atoms with E-state index in [0.717, 1.165) is 0 Å². The van der Waals surface area contributed by atoms with Gasteiger partial charge in [-0.05, 0) is 12.1 Å². The third-order valence-electron chi connectivity index (χ3n) is 2.15. The predicted molar refractivity (Wildman–Crippen MR) is 61.3 cm³/mol. The summed E-state index contributed by atoms with van der Waals surface area (Å²) in [4.78, 5) is 14.8. The molecule has 2 aromatic rings. The lowest BCUT2D eigenvalue weighted by Crippen LogP contribution is -2.18. The largest absolute Gasteiger partial charge is 0.364 e. The quantitative estimate of drug-likeness (QED) is 0.736. The number of nitrogens with two attached hydrogens (primary N) is 2. The zero-order chi connectivity index (χ0) is 13.3. The molecule has 0 fully saturated rings. The Hall–Kier alpha value is -2.26. The Morgan fingerprint density at radius 3 is 2.61 bits per heavy atom. The molecule has 0 saturated heterocycles. The molecule has 0 aromatic carbocycles. The molecule has 94 valence electrons. The maximum absolute atomic E-state index is 11.2. The molecule has 4 N–H and O–H groups in total. The molecule has 0 spiro atoms. The summed E-state index contributed by atoms with van der Waals surface area (Å²) in [5, 5.41) is 8.53. The van der Waals surface area contributed by atoms with Crippen molar-refractivity contribution in [1.82, 2.24) is 14.8 Å². The summed E-state index contributed by atoms with van der Waals surface area (Å²) >= 11 is 0. The SMILES string of the molecule is NC(=O)c1ccnn1-c1ccnc(S(N)(=O)=O)c1. The highest BCUT2D eigenvalue weighted by atomic mass is 32.2. The van der Waals surface area contributed by atoms with E-state index in [4.69, 9.17) is 10.9 Å². The minimum absolute atomic E-state index is 0.126. The van der Waals surface area contributed by atoms with Crippen LogP contribution in [0, 0.1) is 0 Å². The van der Waals surface area contributed by atoms with E-state index in [-0.39, 0.29) is 10.7 Å². The van der Waals surface area contributed by atoms with Gasteiger partial charge in [-0.15, -0.1) is 0 Å². The van der Waals surface area contributed by atoms with Crippen LogP contribution in [-0.2, 0) is 10.0 Å². The molecule has 9 heteroatoms. The van der Waals surface area contributed by atoms with Gasteiger partial charge in [-0.25, -0.2) is 23.2 Å². The van der Waals surface area contributed by atoms with Crippen LogP contribution in [0.3, 0.4) is 0 Å². The molecule has 0 aliphatic heterocycles. The Morgan fingerprint density at radius 1 is 1.28 bits per heavy atom. The summed E-state index contributed by atoms with van der Waals surface area (Å²) in [6.45, 7) is 0. The summed E-state index contributed by atoms with van der Waals surface area (Å²) in [6, 6.07) is 4.10. The number of hydrogen-bond donors (Lipinski definition) is 2. The van der Waals surface area contributed by atoms with E-state index < -0.39 is 15.9 Å². The van der Waals surface area contributed by atoms with Crippen LogP contribution in [0.1, 0.15) is 10.5 Å². The fourth-order valence-electron chi connectivity index (χ4n) is 1.38. The van der Waals surface area contributed by atoms with Crippen LogP contribution >= 0.6 is 0 Å². The smallest absolute Gasteiger partial charge is 0.267 e. The van der Waals surface area contributed by atoms with Crippen molar-refractivity contribution in [3.05, 3.63) is 36.3 Å². The predicted octanol–water partition coefficient (Wildman–Crippen LogP) is -0.986. The van der Waals surface area contributed by atoms with E-state index in [1.54, 1.807) is 0 Å². The molecule has 0 atom stereocenters. The summed E-state index contributed by atoms with van der Waals surface area (Å²) < 4.78 is 23.5. The highest BCUT2D eigenvalue weighted by Crippen LogP contribution is 2.12. The lowest BCUT2D eigenvalue weighted by Gasteiger charge is -2.05. The number of sulfonamides is 1. The van der Waals surface area contributed by atoms with E-state index in [1.807, 2.05) is 0 Å². The zero-order valence-electron chi connectivity index (χ0n) is 9.02. The van der Waals surface area contributed by atoms with Gasteiger partial charge in [0, 0.05) is 12.3 Å². The standard InChI is InChI=1S/C9H9N5O3S/c10-9(15)7-2-4-13-14(7)6-1-3-12-8(5-6)18(11,16)17/h1-5H,(H2,10,15)(H2,11,16,17). The van der Waals surface area contributed by atoms with Gasteiger partial charge in [-0.3, -0.25) is 4.79 Å². The highest BCUT2D eigenvalue weighted by molar-refractivity contribution is 7.89. The van der Waals surface area contributed by atoms with Crippen molar-refractivity contribution < 1.29 is 13.2 Å². The summed E-state index contributed by atoms with van der Waals surface area (Å²) in [5.41, 5.74) is 5.62. The molecule has 0 aliphatic carbocycles. The number of amides is 1. The Morgan fingerprint density at radius 2 is 2.00 bits per heavy atom. The average molecular weight is 267 g/mol.